The number of aromatic nitrogens is 3. The van der Waals surface area contributed by atoms with Gasteiger partial charge in [0.25, 0.3) is 0 Å². The molecule has 3 aromatic rings. The van der Waals surface area contributed by atoms with Crippen LogP contribution < -0.4 is 4.98 Å². The molecule has 5 nitrogen and oxygen atoms in total. The molecule has 3 rings (SSSR count). The van der Waals surface area contributed by atoms with Crippen LogP contribution in [0.5, 0.6) is 0 Å². The summed E-state index contributed by atoms with van der Waals surface area (Å²) in [6.07, 6.45) is 2.91. The van der Waals surface area contributed by atoms with Crippen LogP contribution in [0.2, 0.25) is 0 Å². The Morgan fingerprint density at radius 3 is 2.35 bits per heavy atom. The first-order valence-electron chi connectivity index (χ1n) is 6.75. The number of ketones is 1. The number of aliphatic hydroxyl groups excluding tert-OH is 1. The second-order valence-electron chi connectivity index (χ2n) is 4.65. The molecule has 0 spiro atoms. The van der Waals surface area contributed by atoms with Gasteiger partial charge in [-0.15, -0.1) is 0 Å². The molecule has 0 saturated carbocycles. The number of hydrogen-bond donors (Lipinski definition) is 1. The molecule has 0 bridgehead atoms. The van der Waals surface area contributed by atoms with Crippen LogP contribution in [0.25, 0.3) is 22.6 Å². The molecular weight excluding hydrogens is 473 g/mol. The van der Waals surface area contributed by atoms with Gasteiger partial charge in [0, 0.05) is 33.3 Å². The number of allylic oxidation sites excluding steroid dienone is 2. The Morgan fingerprint density at radius 2 is 1.83 bits per heavy atom. The van der Waals surface area contributed by atoms with E-state index in [2.05, 4.69) is 15.0 Å². The van der Waals surface area contributed by atoms with Crippen LogP contribution in [0.1, 0.15) is 13.8 Å². The monoisotopic (exact) mass is 489 g/mol. The van der Waals surface area contributed by atoms with E-state index in [4.69, 9.17) is 5.11 Å². The van der Waals surface area contributed by atoms with Crippen molar-refractivity contribution in [2.75, 3.05) is 0 Å². The SMILES string of the molecule is CC(=O)/C=C(/C)O.[Pt].c1ccc(-c2nc3ccccc3[n-]2)nc1. The molecule has 0 aliphatic rings. The summed E-state index contributed by atoms with van der Waals surface area (Å²) in [4.78, 5) is 23.1. The standard InChI is InChI=1S/C12H8N3.C5H8O2.Pt/c1-2-6-10-9(5-1)14-12(15-10)11-7-3-4-8-13-11;1-4(6)3-5(2)7;/h1-8H;3,6H,1-2H3;/q-1;;/b;4-3-;. The average molecular weight is 489 g/mol. The van der Waals surface area contributed by atoms with E-state index in [0.29, 0.717) is 5.82 Å². The van der Waals surface area contributed by atoms with Crippen molar-refractivity contribution >= 4 is 16.8 Å². The maximum atomic E-state index is 10.0. The number of carbonyl (C=O) groups excluding carboxylic acids is 1. The topological polar surface area (TPSA) is 77.2 Å². The molecular formula is C17H16N3O2Pt-. The van der Waals surface area contributed by atoms with Crippen molar-refractivity contribution in [3.8, 4) is 11.5 Å². The van der Waals surface area contributed by atoms with Gasteiger partial charge in [-0.25, -0.2) is 0 Å². The zero-order valence-electron chi connectivity index (χ0n) is 12.7. The van der Waals surface area contributed by atoms with E-state index in [1.807, 2.05) is 42.5 Å². The van der Waals surface area contributed by atoms with Crippen LogP contribution in [0, 0.1) is 0 Å². The van der Waals surface area contributed by atoms with Gasteiger partial charge in [0.2, 0.25) is 0 Å². The molecule has 0 amide bonds. The van der Waals surface area contributed by atoms with E-state index >= 15 is 0 Å². The van der Waals surface area contributed by atoms with Crippen molar-refractivity contribution in [3.63, 3.8) is 0 Å². The molecule has 0 aliphatic heterocycles. The fraction of sp³-hybridized carbons (Fsp3) is 0.118. The summed E-state index contributed by atoms with van der Waals surface area (Å²) in [6, 6.07) is 13.5. The third-order valence-electron chi connectivity index (χ3n) is 2.64. The zero-order valence-corrected chi connectivity index (χ0v) is 15.0. The Bertz CT molecular complexity index is 761. The van der Waals surface area contributed by atoms with Crippen molar-refractivity contribution < 1.29 is 31.0 Å². The molecule has 1 aromatic carbocycles. The number of rotatable bonds is 2. The second kappa shape index (κ2) is 9.01. The third kappa shape index (κ3) is 5.79. The zero-order chi connectivity index (χ0) is 15.9. The van der Waals surface area contributed by atoms with Gasteiger partial charge in [-0.1, -0.05) is 30.3 Å². The molecule has 1 N–H and O–H groups in total. The maximum absolute atomic E-state index is 10.0. The van der Waals surface area contributed by atoms with Gasteiger partial charge in [0.1, 0.15) is 0 Å². The van der Waals surface area contributed by atoms with E-state index in [0.717, 1.165) is 16.7 Å². The predicted octanol–water partition coefficient (Wildman–Crippen LogP) is 3.29. The molecule has 2 aromatic heterocycles. The first kappa shape index (κ1) is 18.8. The second-order valence-corrected chi connectivity index (χ2v) is 4.65. The summed E-state index contributed by atoms with van der Waals surface area (Å²) < 4.78 is 0. The Kier molecular flexibility index (Phi) is 7.36. The quantitative estimate of drug-likeness (QED) is 0.442. The smallest absolute Gasteiger partial charge is 0.155 e. The number of benzene rings is 1. The van der Waals surface area contributed by atoms with Crippen LogP contribution in [0.15, 0.2) is 60.5 Å². The number of nitrogens with zero attached hydrogens (tertiary/aromatic N) is 3. The van der Waals surface area contributed by atoms with Gasteiger partial charge in [0.15, 0.2) is 5.78 Å². The van der Waals surface area contributed by atoms with Gasteiger partial charge in [-0.3, -0.25) is 9.78 Å². The molecule has 0 aliphatic carbocycles. The molecule has 2 heterocycles. The van der Waals surface area contributed by atoms with Crippen molar-refractivity contribution in [2.24, 2.45) is 0 Å². The summed E-state index contributed by atoms with van der Waals surface area (Å²) in [5.41, 5.74) is 2.64. The van der Waals surface area contributed by atoms with Gasteiger partial charge in [-0.05, 0) is 42.8 Å². The van der Waals surface area contributed by atoms with Gasteiger partial charge in [0.05, 0.1) is 11.5 Å². The number of carbonyl (C=O) groups is 1. The minimum Gasteiger partial charge on any atom is -0.512 e. The van der Waals surface area contributed by atoms with E-state index in [-0.39, 0.29) is 32.6 Å². The first-order valence-corrected chi connectivity index (χ1v) is 6.75. The Morgan fingerprint density at radius 1 is 1.13 bits per heavy atom. The van der Waals surface area contributed by atoms with Crippen molar-refractivity contribution in [1.29, 1.82) is 0 Å². The Balaban J connectivity index is 0.000000287. The van der Waals surface area contributed by atoms with Crippen LogP contribution in [-0.2, 0) is 25.9 Å². The van der Waals surface area contributed by atoms with Crippen molar-refractivity contribution in [3.05, 3.63) is 60.5 Å². The summed E-state index contributed by atoms with van der Waals surface area (Å²) in [5, 5.41) is 8.36. The van der Waals surface area contributed by atoms with Crippen LogP contribution in [-0.4, -0.2) is 20.9 Å². The summed E-state index contributed by atoms with van der Waals surface area (Å²) in [6.45, 7) is 2.85. The van der Waals surface area contributed by atoms with E-state index < -0.39 is 0 Å². The molecule has 0 fully saturated rings. The molecule has 0 saturated heterocycles. The Labute approximate surface area is 148 Å². The van der Waals surface area contributed by atoms with Gasteiger partial charge >= 0.3 is 0 Å². The average Bonchev–Trinajstić information content (AvgIpc) is 2.91. The Hall–Kier alpha value is -2.26. The maximum Gasteiger partial charge on any atom is 0.155 e. The third-order valence-corrected chi connectivity index (χ3v) is 2.64. The fourth-order valence-corrected chi connectivity index (χ4v) is 1.81. The minimum absolute atomic E-state index is 0. The number of imidazole rings is 1. The number of aliphatic hydroxyl groups is 1. The van der Waals surface area contributed by atoms with E-state index in [1.165, 1.54) is 19.9 Å². The molecule has 0 atom stereocenters. The van der Waals surface area contributed by atoms with E-state index in [9.17, 15) is 4.79 Å². The predicted molar refractivity (Wildman–Crippen MR) is 85.4 cm³/mol. The summed E-state index contributed by atoms with van der Waals surface area (Å²) in [7, 11) is 0. The molecule has 6 heteroatoms. The number of hydrogen-bond acceptors (Lipinski definition) is 4. The van der Waals surface area contributed by atoms with Crippen LogP contribution >= 0.6 is 0 Å². The number of para-hydroxylation sites is 2. The van der Waals surface area contributed by atoms with Crippen molar-refractivity contribution in [1.82, 2.24) is 15.0 Å². The number of pyridine rings is 1. The first-order chi connectivity index (χ1) is 10.6. The molecule has 122 valence electrons. The van der Waals surface area contributed by atoms with Crippen LogP contribution in [0.3, 0.4) is 0 Å². The fourth-order valence-electron chi connectivity index (χ4n) is 1.81. The molecule has 0 radical (unpaired) electrons. The number of fused-ring (bicyclic) bond motifs is 1. The summed E-state index contributed by atoms with van der Waals surface area (Å²) in [5.74, 6) is 0.629. The largest absolute Gasteiger partial charge is 0.512 e. The van der Waals surface area contributed by atoms with Gasteiger partial charge < -0.3 is 15.1 Å². The minimum atomic E-state index is -0.125. The van der Waals surface area contributed by atoms with E-state index in [1.54, 1.807) is 6.20 Å². The molecule has 0 unspecified atom stereocenters. The van der Waals surface area contributed by atoms with Crippen molar-refractivity contribution in [2.45, 2.75) is 13.8 Å². The summed E-state index contributed by atoms with van der Waals surface area (Å²) >= 11 is 0. The molecule has 23 heavy (non-hydrogen) atoms. The van der Waals surface area contributed by atoms with Crippen LogP contribution in [0.4, 0.5) is 0 Å². The normalized spacial score (nSPS) is 10.4. The van der Waals surface area contributed by atoms with Gasteiger partial charge in [-0.2, -0.15) is 0 Å².